The maximum absolute atomic E-state index is 11.6. The topological polar surface area (TPSA) is 83.9 Å². The van der Waals surface area contributed by atoms with E-state index in [9.17, 15) is 14.4 Å². The van der Waals surface area contributed by atoms with Crippen LogP contribution in [0.25, 0.3) is 0 Å². The lowest BCUT2D eigenvalue weighted by atomic mass is 10.1. The Morgan fingerprint density at radius 1 is 1.17 bits per heavy atom. The number of halogens is 1. The number of ether oxygens (including phenoxy) is 1. The number of benzene rings is 1. The van der Waals surface area contributed by atoms with E-state index in [1.807, 2.05) is 30.3 Å². The molecule has 0 aliphatic rings. The van der Waals surface area contributed by atoms with Crippen molar-refractivity contribution in [1.29, 1.82) is 0 Å². The van der Waals surface area contributed by atoms with Crippen LogP contribution in [0.3, 0.4) is 0 Å². The van der Waals surface area contributed by atoms with Gasteiger partial charge in [-0.25, -0.2) is 0 Å². The van der Waals surface area contributed by atoms with Crippen LogP contribution in [0.2, 0.25) is 0 Å². The van der Waals surface area contributed by atoms with Crippen molar-refractivity contribution in [3.05, 3.63) is 35.9 Å². The second-order valence-electron chi connectivity index (χ2n) is 5.03. The number of rotatable bonds is 9. The van der Waals surface area contributed by atoms with Crippen molar-refractivity contribution in [3.8, 4) is 0 Å². The van der Waals surface area contributed by atoms with Gasteiger partial charge >= 0.3 is 11.9 Å². The Balaban J connectivity index is 0.000000640. The van der Waals surface area contributed by atoms with E-state index in [0.717, 1.165) is 5.56 Å². The van der Waals surface area contributed by atoms with Gasteiger partial charge in [0.1, 0.15) is 11.1 Å². The molecule has 6 nitrogen and oxygen atoms in total. The van der Waals surface area contributed by atoms with Gasteiger partial charge in [-0.1, -0.05) is 46.3 Å². The van der Waals surface area contributed by atoms with Gasteiger partial charge in [0.2, 0.25) is 0 Å². The summed E-state index contributed by atoms with van der Waals surface area (Å²) < 4.78 is 4.51. The first-order valence-electron chi connectivity index (χ1n) is 7.56. The second-order valence-corrected chi connectivity index (χ2v) is 5.59. The van der Waals surface area contributed by atoms with Crippen molar-refractivity contribution in [2.45, 2.75) is 19.8 Å². The Kier molecular flexibility index (Phi) is 12.7. The standard InChI is InChI=1S/C13H17NO3.C4H7BrO2/c1-14(10-13(16)17)9-12(15)8-7-11-5-3-2-4-6-11;1-2-7-4(6)3-5/h2-6H,7-10H2,1H3,(H,16,17);2-3H2,1H3. The zero-order valence-electron chi connectivity index (χ0n) is 14.0. The minimum absolute atomic E-state index is 0.0672. The van der Waals surface area contributed by atoms with Crippen molar-refractivity contribution in [2.24, 2.45) is 0 Å². The molecule has 0 amide bonds. The van der Waals surface area contributed by atoms with E-state index < -0.39 is 5.97 Å². The molecule has 24 heavy (non-hydrogen) atoms. The molecule has 1 N–H and O–H groups in total. The number of carboxylic acid groups (broad SMARTS) is 1. The number of aryl methyl sites for hydroxylation is 1. The van der Waals surface area contributed by atoms with E-state index in [1.54, 1.807) is 14.0 Å². The third kappa shape index (κ3) is 12.8. The molecule has 0 spiro atoms. The monoisotopic (exact) mass is 401 g/mol. The quantitative estimate of drug-likeness (QED) is 0.504. The Hall–Kier alpha value is -1.73. The zero-order valence-corrected chi connectivity index (χ0v) is 15.6. The summed E-state index contributed by atoms with van der Waals surface area (Å²) in [6.07, 6.45) is 1.16. The lowest BCUT2D eigenvalue weighted by Gasteiger charge is -2.12. The molecule has 0 bridgehead atoms. The Labute approximate surface area is 150 Å². The molecule has 0 fully saturated rings. The van der Waals surface area contributed by atoms with Gasteiger partial charge in [0, 0.05) is 6.42 Å². The molecule has 0 radical (unpaired) electrons. The fraction of sp³-hybridized carbons (Fsp3) is 0.471. The number of likely N-dealkylation sites (N-methyl/N-ethyl adjacent to an activating group) is 1. The minimum Gasteiger partial charge on any atom is -0.480 e. The molecular formula is C17H24BrNO5. The van der Waals surface area contributed by atoms with E-state index in [2.05, 4.69) is 20.7 Å². The summed E-state index contributed by atoms with van der Waals surface area (Å²) in [4.78, 5) is 33.6. The van der Waals surface area contributed by atoms with Gasteiger partial charge in [0.05, 0.1) is 19.7 Å². The molecule has 0 unspecified atom stereocenters. The molecule has 1 rings (SSSR count). The van der Waals surface area contributed by atoms with Gasteiger partial charge in [-0.05, 0) is 26.0 Å². The summed E-state index contributed by atoms with van der Waals surface area (Å²) in [6, 6.07) is 9.78. The number of nitrogens with zero attached hydrogens (tertiary/aromatic N) is 1. The van der Waals surface area contributed by atoms with E-state index in [4.69, 9.17) is 5.11 Å². The zero-order chi connectivity index (χ0) is 18.4. The van der Waals surface area contributed by atoms with E-state index in [1.165, 1.54) is 4.90 Å². The van der Waals surface area contributed by atoms with E-state index in [0.29, 0.717) is 24.8 Å². The van der Waals surface area contributed by atoms with Crippen molar-refractivity contribution in [3.63, 3.8) is 0 Å². The van der Waals surface area contributed by atoms with Gasteiger partial charge < -0.3 is 9.84 Å². The molecule has 0 saturated heterocycles. The average molecular weight is 402 g/mol. The molecule has 7 heteroatoms. The minimum atomic E-state index is -0.914. The number of esters is 1. The Bertz CT molecular complexity index is 507. The first-order chi connectivity index (χ1) is 11.4. The number of aliphatic carboxylic acids is 1. The highest BCUT2D eigenvalue weighted by atomic mass is 79.9. The number of alkyl halides is 1. The van der Waals surface area contributed by atoms with Crippen LogP contribution in [-0.4, -0.2) is 59.8 Å². The fourth-order valence-electron chi connectivity index (χ4n) is 1.79. The number of ketones is 1. The molecule has 0 aliphatic heterocycles. The maximum atomic E-state index is 11.6. The number of Topliss-reactive ketones (excluding diaryl/α,β-unsaturated/α-hetero) is 1. The highest BCUT2D eigenvalue weighted by molar-refractivity contribution is 9.09. The molecular weight excluding hydrogens is 378 g/mol. The Morgan fingerprint density at radius 3 is 2.25 bits per heavy atom. The number of hydrogen-bond acceptors (Lipinski definition) is 5. The number of carbonyl (C=O) groups excluding carboxylic acids is 2. The summed E-state index contributed by atoms with van der Waals surface area (Å²) in [5, 5.41) is 8.84. The average Bonchev–Trinajstić information content (AvgIpc) is 2.54. The summed E-state index contributed by atoms with van der Waals surface area (Å²) in [7, 11) is 1.63. The van der Waals surface area contributed by atoms with Crippen LogP contribution in [0.5, 0.6) is 0 Å². The number of carbonyl (C=O) groups is 3. The molecule has 0 atom stereocenters. The predicted molar refractivity (Wildman–Crippen MR) is 95.3 cm³/mol. The highest BCUT2D eigenvalue weighted by Crippen LogP contribution is 2.03. The summed E-state index contributed by atoms with van der Waals surface area (Å²) in [6.45, 7) is 2.33. The largest absolute Gasteiger partial charge is 0.480 e. The van der Waals surface area contributed by atoms with Crippen LogP contribution in [0.1, 0.15) is 18.9 Å². The SMILES string of the molecule is CCOC(=O)CBr.CN(CC(=O)O)CC(=O)CCc1ccccc1. The number of hydrogen-bond donors (Lipinski definition) is 1. The first kappa shape index (κ1) is 22.3. The van der Waals surface area contributed by atoms with E-state index in [-0.39, 0.29) is 24.8 Å². The van der Waals surface area contributed by atoms with Crippen LogP contribution in [0.15, 0.2) is 30.3 Å². The molecule has 1 aromatic rings. The molecule has 0 aromatic heterocycles. The summed E-state index contributed by atoms with van der Waals surface area (Å²) in [5.74, 6) is -1.05. The lowest BCUT2D eigenvalue weighted by molar-refractivity contribution is -0.140. The van der Waals surface area contributed by atoms with Crippen LogP contribution >= 0.6 is 15.9 Å². The van der Waals surface area contributed by atoms with Crippen molar-refractivity contribution >= 4 is 33.7 Å². The third-order valence-electron chi connectivity index (χ3n) is 2.80. The molecule has 134 valence electrons. The van der Waals surface area contributed by atoms with Crippen molar-refractivity contribution in [1.82, 2.24) is 4.90 Å². The van der Waals surface area contributed by atoms with Gasteiger partial charge in [0.15, 0.2) is 0 Å². The Morgan fingerprint density at radius 2 is 1.79 bits per heavy atom. The molecule has 1 aromatic carbocycles. The van der Waals surface area contributed by atoms with Gasteiger partial charge in [-0.15, -0.1) is 0 Å². The lowest BCUT2D eigenvalue weighted by Crippen LogP contribution is -2.31. The van der Waals surface area contributed by atoms with Gasteiger partial charge in [-0.3, -0.25) is 19.3 Å². The smallest absolute Gasteiger partial charge is 0.317 e. The third-order valence-corrected chi connectivity index (χ3v) is 3.26. The number of carboxylic acids is 1. The summed E-state index contributed by atoms with van der Waals surface area (Å²) >= 11 is 2.94. The maximum Gasteiger partial charge on any atom is 0.317 e. The van der Waals surface area contributed by atoms with Gasteiger partial charge in [0.25, 0.3) is 0 Å². The second kappa shape index (κ2) is 13.7. The van der Waals surface area contributed by atoms with E-state index >= 15 is 0 Å². The predicted octanol–water partition coefficient (Wildman–Crippen LogP) is 2.15. The van der Waals surface area contributed by atoms with Crippen LogP contribution in [0.4, 0.5) is 0 Å². The van der Waals surface area contributed by atoms with Crippen molar-refractivity contribution in [2.75, 3.05) is 32.1 Å². The molecule has 0 aliphatic carbocycles. The fourth-order valence-corrected chi connectivity index (χ4v) is 1.96. The summed E-state index contributed by atoms with van der Waals surface area (Å²) in [5.41, 5.74) is 1.13. The van der Waals surface area contributed by atoms with Crippen LogP contribution in [0, 0.1) is 0 Å². The van der Waals surface area contributed by atoms with Gasteiger partial charge in [-0.2, -0.15) is 0 Å². The van der Waals surface area contributed by atoms with Crippen LogP contribution in [-0.2, 0) is 25.5 Å². The van der Waals surface area contributed by atoms with Crippen molar-refractivity contribution < 1.29 is 24.2 Å². The molecule has 0 saturated carbocycles. The van der Waals surface area contributed by atoms with Crippen LogP contribution < -0.4 is 0 Å². The first-order valence-corrected chi connectivity index (χ1v) is 8.68. The molecule has 0 heterocycles. The highest BCUT2D eigenvalue weighted by Gasteiger charge is 2.09. The normalized spacial score (nSPS) is 9.83.